The molecule has 0 amide bonds. The van der Waals surface area contributed by atoms with Crippen molar-refractivity contribution >= 4 is 30.9 Å². The molecular weight excluding hydrogens is 333 g/mol. The van der Waals surface area contributed by atoms with Gasteiger partial charge in [-0.25, -0.2) is 0 Å². The zero-order valence-electron chi connectivity index (χ0n) is 8.48. The van der Waals surface area contributed by atoms with Crippen molar-refractivity contribution in [2.75, 3.05) is 0 Å². The molecule has 2 aromatic rings. The SMILES string of the molecule is FC(F)c1[nH]ncc1-c1ncn[c]2c1C=[CH][Sn]2. The van der Waals surface area contributed by atoms with E-state index in [0.29, 0.717) is 11.3 Å². The molecule has 1 N–H and O–H groups in total. The molecule has 0 fully saturated rings. The van der Waals surface area contributed by atoms with Crippen molar-refractivity contribution in [1.29, 1.82) is 0 Å². The number of H-pyrrole nitrogens is 1. The maximum absolute atomic E-state index is 12.8. The first-order valence-electron chi connectivity index (χ1n) is 4.87. The van der Waals surface area contributed by atoms with E-state index in [-0.39, 0.29) is 5.69 Å². The van der Waals surface area contributed by atoms with E-state index < -0.39 is 27.6 Å². The van der Waals surface area contributed by atoms with Gasteiger partial charge in [-0.05, 0) is 0 Å². The molecule has 84 valence electrons. The Morgan fingerprint density at radius 1 is 1.29 bits per heavy atom. The summed E-state index contributed by atoms with van der Waals surface area (Å²) in [6.07, 6.45) is 2.17. The summed E-state index contributed by atoms with van der Waals surface area (Å²) in [5, 5.41) is 5.99. The summed E-state index contributed by atoms with van der Waals surface area (Å²) in [5.41, 5.74) is 1.61. The van der Waals surface area contributed by atoms with Crippen molar-refractivity contribution in [3.8, 4) is 11.3 Å². The third-order valence-electron chi connectivity index (χ3n) is 2.50. The predicted molar refractivity (Wildman–Crippen MR) is 59.0 cm³/mol. The van der Waals surface area contributed by atoms with Crippen LogP contribution in [0.1, 0.15) is 17.7 Å². The van der Waals surface area contributed by atoms with Gasteiger partial charge in [0.25, 0.3) is 0 Å². The van der Waals surface area contributed by atoms with Crippen LogP contribution in [-0.4, -0.2) is 41.3 Å². The van der Waals surface area contributed by atoms with E-state index in [0.717, 1.165) is 9.27 Å². The fourth-order valence-corrected chi connectivity index (χ4v) is 4.30. The van der Waals surface area contributed by atoms with Crippen LogP contribution in [0, 0.1) is 0 Å². The number of halogens is 2. The summed E-state index contributed by atoms with van der Waals surface area (Å²) < 4.78 is 28.7. The van der Waals surface area contributed by atoms with E-state index in [2.05, 4.69) is 24.3 Å². The van der Waals surface area contributed by atoms with Crippen molar-refractivity contribution in [3.63, 3.8) is 0 Å². The molecule has 0 unspecified atom stereocenters. The molecule has 17 heavy (non-hydrogen) atoms. The van der Waals surface area contributed by atoms with E-state index in [4.69, 9.17) is 0 Å². The molecule has 2 radical (unpaired) electrons. The summed E-state index contributed by atoms with van der Waals surface area (Å²) in [7, 11) is 0. The van der Waals surface area contributed by atoms with Gasteiger partial charge >= 0.3 is 105 Å². The zero-order valence-corrected chi connectivity index (χ0v) is 11.3. The van der Waals surface area contributed by atoms with Gasteiger partial charge in [-0.3, -0.25) is 0 Å². The topological polar surface area (TPSA) is 54.5 Å². The molecule has 7 heteroatoms. The summed E-state index contributed by atoms with van der Waals surface area (Å²) in [6, 6.07) is 0. The number of nitrogens with one attached hydrogen (secondary N) is 1. The molecule has 0 aliphatic carbocycles. The fourth-order valence-electron chi connectivity index (χ4n) is 1.74. The number of hydrogen-bond donors (Lipinski definition) is 1. The average Bonchev–Trinajstić information content (AvgIpc) is 2.97. The molecule has 1 aliphatic rings. The van der Waals surface area contributed by atoms with Crippen LogP contribution in [0.25, 0.3) is 17.3 Å². The fraction of sp³-hybridized carbons (Fsp3) is 0.100. The molecular formula is C10H6F2N4Sn. The Kier molecular flexibility index (Phi) is 2.65. The van der Waals surface area contributed by atoms with Crippen LogP contribution >= 0.6 is 0 Å². The zero-order chi connectivity index (χ0) is 11.8. The first-order chi connectivity index (χ1) is 8.27. The van der Waals surface area contributed by atoms with Gasteiger partial charge in [0.05, 0.1) is 0 Å². The van der Waals surface area contributed by atoms with Crippen LogP contribution in [0.15, 0.2) is 16.6 Å². The number of fused-ring (bicyclic) bond motifs is 1. The van der Waals surface area contributed by atoms with Crippen LogP contribution in [0.3, 0.4) is 0 Å². The average molecular weight is 339 g/mol. The minimum atomic E-state index is -2.58. The molecule has 0 saturated carbocycles. The van der Waals surface area contributed by atoms with Crippen LogP contribution in [-0.2, 0) is 0 Å². The van der Waals surface area contributed by atoms with E-state index in [1.54, 1.807) is 0 Å². The van der Waals surface area contributed by atoms with Crippen molar-refractivity contribution in [2.24, 2.45) is 0 Å². The van der Waals surface area contributed by atoms with E-state index in [9.17, 15) is 8.78 Å². The van der Waals surface area contributed by atoms with E-state index in [1.807, 2.05) is 6.08 Å². The standard InChI is InChI=1S/C10H6F2N4.Sn/c1-2-6-3-13-5-14-8(6)7-4-15-16-9(7)10(11)12;/h1-2,4-5,10H,(H,15,16);. The number of aromatic amines is 1. The third-order valence-corrected chi connectivity index (χ3v) is 5.37. The van der Waals surface area contributed by atoms with Crippen LogP contribution in [0.5, 0.6) is 0 Å². The first kappa shape index (κ1) is 10.8. The number of rotatable bonds is 2. The number of nitrogens with zero attached hydrogens (tertiary/aromatic N) is 3. The second-order valence-corrected chi connectivity index (χ2v) is 6.59. The van der Waals surface area contributed by atoms with Gasteiger partial charge in [0.15, 0.2) is 0 Å². The van der Waals surface area contributed by atoms with Gasteiger partial charge in [-0.15, -0.1) is 0 Å². The molecule has 3 rings (SSSR count). The Labute approximate surface area is 105 Å². The summed E-state index contributed by atoms with van der Waals surface area (Å²) in [4.78, 5) is 8.30. The Morgan fingerprint density at radius 2 is 2.18 bits per heavy atom. The van der Waals surface area contributed by atoms with Crippen molar-refractivity contribution in [1.82, 2.24) is 20.2 Å². The summed E-state index contributed by atoms with van der Waals surface area (Å²) in [6.45, 7) is 0. The van der Waals surface area contributed by atoms with Gasteiger partial charge < -0.3 is 0 Å². The van der Waals surface area contributed by atoms with Crippen LogP contribution < -0.4 is 3.71 Å². The monoisotopic (exact) mass is 340 g/mol. The van der Waals surface area contributed by atoms with Crippen molar-refractivity contribution < 1.29 is 8.78 Å². The molecule has 0 bridgehead atoms. The Bertz CT molecular complexity index is 594. The molecule has 4 nitrogen and oxygen atoms in total. The Balaban J connectivity index is 2.19. The van der Waals surface area contributed by atoms with Crippen molar-refractivity contribution in [2.45, 2.75) is 6.43 Å². The molecule has 2 aromatic heterocycles. The molecule has 0 atom stereocenters. The van der Waals surface area contributed by atoms with E-state index in [1.165, 1.54) is 12.5 Å². The number of hydrogen-bond acceptors (Lipinski definition) is 3. The normalized spacial score (nSPS) is 13.4. The predicted octanol–water partition coefficient (Wildman–Crippen LogP) is 1.12. The molecule has 0 aromatic carbocycles. The molecule has 0 saturated heterocycles. The van der Waals surface area contributed by atoms with E-state index >= 15 is 0 Å². The number of aromatic nitrogens is 4. The Hall–Kier alpha value is -1.31. The third kappa shape index (κ3) is 1.76. The summed E-state index contributed by atoms with van der Waals surface area (Å²) >= 11 is -0.772. The summed E-state index contributed by atoms with van der Waals surface area (Å²) in [5.74, 6) is 0. The Morgan fingerprint density at radius 3 is 3.00 bits per heavy atom. The van der Waals surface area contributed by atoms with Crippen molar-refractivity contribution in [3.05, 3.63) is 27.9 Å². The van der Waals surface area contributed by atoms with Gasteiger partial charge in [-0.2, -0.15) is 0 Å². The van der Waals surface area contributed by atoms with Gasteiger partial charge in [0.1, 0.15) is 0 Å². The maximum atomic E-state index is 12.8. The first-order valence-corrected chi connectivity index (χ1v) is 7.94. The van der Waals surface area contributed by atoms with Gasteiger partial charge in [0, 0.05) is 0 Å². The second kappa shape index (κ2) is 4.17. The second-order valence-electron chi connectivity index (χ2n) is 3.46. The van der Waals surface area contributed by atoms with Crippen LogP contribution in [0.2, 0.25) is 0 Å². The molecule has 1 aliphatic heterocycles. The molecule has 3 heterocycles. The van der Waals surface area contributed by atoms with Gasteiger partial charge in [-0.1, -0.05) is 0 Å². The minimum absolute atomic E-state index is 0.184. The quantitative estimate of drug-likeness (QED) is 0.835. The van der Waals surface area contributed by atoms with Crippen LogP contribution in [0.4, 0.5) is 8.78 Å². The molecule has 0 spiro atoms. The number of alkyl halides is 2. The van der Waals surface area contributed by atoms with Gasteiger partial charge in [0.2, 0.25) is 0 Å².